The fraction of sp³-hybridized carbons (Fsp3) is 0.0667. The number of halogens is 1. The molecule has 18 heavy (non-hydrogen) atoms. The van der Waals surface area contributed by atoms with Crippen LogP contribution in [0.3, 0.4) is 0 Å². The van der Waals surface area contributed by atoms with E-state index in [9.17, 15) is 4.39 Å². The molecule has 0 saturated carbocycles. The highest BCUT2D eigenvalue weighted by atomic mass is 19.1. The summed E-state index contributed by atoms with van der Waals surface area (Å²) in [6.07, 6.45) is 4.02. The first-order valence-corrected chi connectivity index (χ1v) is 5.84. The fourth-order valence-electron chi connectivity index (χ4n) is 2.27. The van der Waals surface area contributed by atoms with Crippen molar-refractivity contribution in [1.82, 2.24) is 4.40 Å². The van der Waals surface area contributed by atoms with Crippen molar-refractivity contribution in [3.05, 3.63) is 66.2 Å². The molecule has 0 spiro atoms. The molecule has 0 amide bonds. The van der Waals surface area contributed by atoms with Crippen LogP contribution in [0.1, 0.15) is 5.56 Å². The van der Waals surface area contributed by atoms with Crippen LogP contribution >= 0.6 is 0 Å². The van der Waals surface area contributed by atoms with Crippen molar-refractivity contribution in [3.8, 4) is 11.1 Å². The van der Waals surface area contributed by atoms with Gasteiger partial charge in [0, 0.05) is 24.5 Å². The van der Waals surface area contributed by atoms with Crippen LogP contribution in [0.4, 0.5) is 4.39 Å². The van der Waals surface area contributed by atoms with E-state index in [1.165, 1.54) is 12.1 Å². The average Bonchev–Trinajstić information content (AvgIpc) is 2.78. The zero-order chi connectivity index (χ0) is 12.5. The van der Waals surface area contributed by atoms with Gasteiger partial charge in [-0.05, 0) is 35.4 Å². The molecule has 0 radical (unpaired) electrons. The van der Waals surface area contributed by atoms with Gasteiger partial charge < -0.3 is 10.1 Å². The summed E-state index contributed by atoms with van der Waals surface area (Å²) in [4.78, 5) is 0. The maximum absolute atomic E-state index is 13.0. The minimum atomic E-state index is -0.225. The molecule has 2 aromatic heterocycles. The van der Waals surface area contributed by atoms with Crippen LogP contribution in [0.2, 0.25) is 0 Å². The number of aromatic nitrogens is 1. The maximum atomic E-state index is 13.0. The Labute approximate surface area is 104 Å². The van der Waals surface area contributed by atoms with E-state index in [1.807, 2.05) is 35.0 Å². The van der Waals surface area contributed by atoms with Crippen molar-refractivity contribution >= 4 is 5.52 Å². The van der Waals surface area contributed by atoms with E-state index in [0.717, 1.165) is 22.2 Å². The van der Waals surface area contributed by atoms with Gasteiger partial charge >= 0.3 is 0 Å². The number of hydrogen-bond donors (Lipinski definition) is 1. The largest absolute Gasteiger partial charge is 0.326 e. The van der Waals surface area contributed by atoms with E-state index >= 15 is 0 Å². The Morgan fingerprint density at radius 1 is 1.06 bits per heavy atom. The molecular weight excluding hydrogens is 227 g/mol. The van der Waals surface area contributed by atoms with Crippen molar-refractivity contribution in [3.63, 3.8) is 0 Å². The molecule has 0 saturated heterocycles. The Morgan fingerprint density at radius 2 is 1.83 bits per heavy atom. The number of hydrogen-bond acceptors (Lipinski definition) is 1. The molecule has 0 atom stereocenters. The third-order valence-corrected chi connectivity index (χ3v) is 3.15. The number of pyridine rings is 1. The smallest absolute Gasteiger partial charge is 0.123 e. The number of rotatable bonds is 2. The summed E-state index contributed by atoms with van der Waals surface area (Å²) in [5.74, 6) is -0.225. The van der Waals surface area contributed by atoms with E-state index in [-0.39, 0.29) is 5.82 Å². The lowest BCUT2D eigenvalue weighted by atomic mass is 10.0. The second-order valence-corrected chi connectivity index (χ2v) is 4.23. The highest BCUT2D eigenvalue weighted by Crippen LogP contribution is 2.28. The molecule has 0 unspecified atom stereocenters. The Bertz CT molecular complexity index is 683. The Morgan fingerprint density at radius 3 is 2.56 bits per heavy atom. The minimum Gasteiger partial charge on any atom is -0.326 e. The van der Waals surface area contributed by atoms with Crippen LogP contribution in [0.5, 0.6) is 0 Å². The Hall–Kier alpha value is -2.13. The van der Waals surface area contributed by atoms with Gasteiger partial charge in [-0.15, -0.1) is 0 Å². The highest BCUT2D eigenvalue weighted by molar-refractivity contribution is 5.76. The molecule has 3 rings (SSSR count). The van der Waals surface area contributed by atoms with Crippen molar-refractivity contribution in [1.29, 1.82) is 0 Å². The van der Waals surface area contributed by atoms with Crippen LogP contribution in [-0.4, -0.2) is 4.40 Å². The summed E-state index contributed by atoms with van der Waals surface area (Å²) >= 11 is 0. The zero-order valence-corrected chi connectivity index (χ0v) is 9.81. The van der Waals surface area contributed by atoms with Crippen molar-refractivity contribution in [2.24, 2.45) is 5.73 Å². The predicted molar refractivity (Wildman–Crippen MR) is 70.7 cm³/mol. The molecule has 0 aliphatic heterocycles. The van der Waals surface area contributed by atoms with E-state index < -0.39 is 0 Å². The maximum Gasteiger partial charge on any atom is 0.123 e. The predicted octanol–water partition coefficient (Wildman–Crippen LogP) is 3.20. The van der Waals surface area contributed by atoms with Crippen LogP contribution in [0, 0.1) is 5.82 Å². The first-order chi connectivity index (χ1) is 8.79. The molecule has 2 nitrogen and oxygen atoms in total. The number of benzene rings is 1. The van der Waals surface area contributed by atoms with E-state index in [4.69, 9.17) is 5.73 Å². The topological polar surface area (TPSA) is 30.4 Å². The molecule has 2 N–H and O–H groups in total. The van der Waals surface area contributed by atoms with E-state index in [1.54, 1.807) is 12.1 Å². The van der Waals surface area contributed by atoms with Gasteiger partial charge in [0.05, 0.1) is 5.52 Å². The lowest BCUT2D eigenvalue weighted by molar-refractivity contribution is 0.628. The first kappa shape index (κ1) is 11.0. The van der Waals surface area contributed by atoms with Crippen molar-refractivity contribution in [2.75, 3.05) is 0 Å². The zero-order valence-electron chi connectivity index (χ0n) is 9.81. The summed E-state index contributed by atoms with van der Waals surface area (Å²) in [5.41, 5.74) is 10.1. The lowest BCUT2D eigenvalue weighted by Crippen LogP contribution is -1.97. The first-order valence-electron chi connectivity index (χ1n) is 5.84. The molecule has 0 aliphatic rings. The minimum absolute atomic E-state index is 0.225. The van der Waals surface area contributed by atoms with E-state index in [2.05, 4.69) is 0 Å². The normalized spacial score (nSPS) is 11.0. The standard InChI is InChI=1S/C15H13FN2/c16-12-6-4-11(5-7-12)14-10-18-8-2-1-3-15(18)13(14)9-17/h1-8,10H,9,17H2. The highest BCUT2D eigenvalue weighted by Gasteiger charge is 2.10. The third kappa shape index (κ3) is 1.69. The lowest BCUT2D eigenvalue weighted by Gasteiger charge is -2.02. The molecule has 0 aliphatic carbocycles. The number of nitrogens with zero attached hydrogens (tertiary/aromatic N) is 1. The van der Waals surface area contributed by atoms with Gasteiger partial charge in [-0.3, -0.25) is 0 Å². The summed E-state index contributed by atoms with van der Waals surface area (Å²) in [7, 11) is 0. The van der Waals surface area contributed by atoms with Crippen molar-refractivity contribution in [2.45, 2.75) is 6.54 Å². The number of nitrogens with two attached hydrogens (primary N) is 1. The molecule has 2 heterocycles. The SMILES string of the molecule is NCc1c(-c2ccc(F)cc2)cn2ccccc12. The Kier molecular flexibility index (Phi) is 2.61. The molecule has 90 valence electrons. The van der Waals surface area contributed by atoms with E-state index in [0.29, 0.717) is 6.54 Å². The van der Waals surface area contributed by atoms with Crippen LogP contribution < -0.4 is 5.73 Å². The molecular formula is C15H13FN2. The molecule has 0 fully saturated rings. The monoisotopic (exact) mass is 240 g/mol. The van der Waals surface area contributed by atoms with Gasteiger partial charge in [0.2, 0.25) is 0 Å². The van der Waals surface area contributed by atoms with Gasteiger partial charge in [0.25, 0.3) is 0 Å². The van der Waals surface area contributed by atoms with Crippen LogP contribution in [-0.2, 0) is 6.54 Å². The summed E-state index contributed by atoms with van der Waals surface area (Å²) in [5, 5.41) is 0. The van der Waals surface area contributed by atoms with Crippen molar-refractivity contribution < 1.29 is 4.39 Å². The van der Waals surface area contributed by atoms with Gasteiger partial charge in [-0.1, -0.05) is 18.2 Å². The quantitative estimate of drug-likeness (QED) is 0.732. The summed E-state index contributed by atoms with van der Waals surface area (Å²) in [6.45, 7) is 0.465. The van der Waals surface area contributed by atoms with Gasteiger partial charge in [-0.2, -0.15) is 0 Å². The molecule has 0 bridgehead atoms. The molecule has 3 heteroatoms. The Balaban J connectivity index is 2.25. The van der Waals surface area contributed by atoms with Gasteiger partial charge in [0.1, 0.15) is 5.82 Å². The number of fused-ring (bicyclic) bond motifs is 1. The molecule has 3 aromatic rings. The van der Waals surface area contributed by atoms with Gasteiger partial charge in [-0.25, -0.2) is 4.39 Å². The molecule has 1 aromatic carbocycles. The van der Waals surface area contributed by atoms with Crippen LogP contribution in [0.25, 0.3) is 16.6 Å². The average molecular weight is 240 g/mol. The summed E-state index contributed by atoms with van der Waals surface area (Å²) in [6, 6.07) is 12.5. The van der Waals surface area contributed by atoms with Gasteiger partial charge in [0.15, 0.2) is 0 Å². The second kappa shape index (κ2) is 4.27. The fourth-order valence-corrected chi connectivity index (χ4v) is 2.27. The third-order valence-electron chi connectivity index (χ3n) is 3.15. The van der Waals surface area contributed by atoms with Crippen LogP contribution in [0.15, 0.2) is 54.9 Å². The summed E-state index contributed by atoms with van der Waals surface area (Å²) < 4.78 is 15.0. The second-order valence-electron chi connectivity index (χ2n) is 4.23.